The highest BCUT2D eigenvalue weighted by molar-refractivity contribution is 6.31. The van der Waals surface area contributed by atoms with Crippen LogP contribution in [-0.2, 0) is 9.53 Å². The van der Waals surface area contributed by atoms with Crippen LogP contribution in [0.3, 0.4) is 0 Å². The molecule has 0 fully saturated rings. The van der Waals surface area contributed by atoms with Crippen molar-refractivity contribution >= 4 is 40.8 Å². The van der Waals surface area contributed by atoms with Crippen LogP contribution in [0.1, 0.15) is 22.8 Å². The van der Waals surface area contributed by atoms with Gasteiger partial charge >= 0.3 is 5.97 Å². The first-order valence-corrected chi connectivity index (χ1v) is 7.66. The van der Waals surface area contributed by atoms with Gasteiger partial charge in [-0.25, -0.2) is 4.79 Å². The predicted octanol–water partition coefficient (Wildman–Crippen LogP) is 4.49. The summed E-state index contributed by atoms with van der Waals surface area (Å²) in [5.74, 6) is -1.02. The molecule has 0 aromatic heterocycles. The lowest BCUT2D eigenvalue weighted by atomic mass is 10.2. The Kier molecular flexibility index (Phi) is 5.64. The Hall–Kier alpha value is -2.04. The molecule has 1 amide bonds. The van der Waals surface area contributed by atoms with Crippen LogP contribution in [0.25, 0.3) is 0 Å². The van der Waals surface area contributed by atoms with E-state index >= 15 is 0 Å². The van der Waals surface area contributed by atoms with Gasteiger partial charge in [0.25, 0.3) is 5.91 Å². The van der Waals surface area contributed by atoms with E-state index in [2.05, 4.69) is 5.32 Å². The van der Waals surface area contributed by atoms with Gasteiger partial charge in [0, 0.05) is 15.7 Å². The van der Waals surface area contributed by atoms with Gasteiger partial charge in [-0.2, -0.15) is 0 Å². The van der Waals surface area contributed by atoms with E-state index in [0.29, 0.717) is 21.3 Å². The summed E-state index contributed by atoms with van der Waals surface area (Å²) in [7, 11) is 0. The van der Waals surface area contributed by atoms with E-state index in [0.717, 1.165) is 5.56 Å². The van der Waals surface area contributed by atoms with E-state index in [9.17, 15) is 9.59 Å². The van der Waals surface area contributed by atoms with Crippen LogP contribution in [0.15, 0.2) is 42.5 Å². The van der Waals surface area contributed by atoms with E-state index in [1.54, 1.807) is 30.3 Å². The number of ether oxygens (including phenoxy) is 1. The van der Waals surface area contributed by atoms with Crippen LogP contribution in [0, 0.1) is 6.92 Å². The fraction of sp³-hybridized carbons (Fsp3) is 0.176. The number of carbonyl (C=O) groups is 2. The standard InChI is InChI=1S/C17H15Cl2NO3/c1-10-3-6-14(19)9-15(10)20-16(21)11(2)23-17(22)12-4-7-13(18)8-5-12/h3-9,11H,1-2H3,(H,20,21)/t11-/m0/s1. The van der Waals surface area contributed by atoms with Crippen molar-refractivity contribution in [2.75, 3.05) is 5.32 Å². The fourth-order valence-electron chi connectivity index (χ4n) is 1.83. The van der Waals surface area contributed by atoms with Gasteiger partial charge in [-0.3, -0.25) is 4.79 Å². The van der Waals surface area contributed by atoms with E-state index in [-0.39, 0.29) is 0 Å². The average Bonchev–Trinajstić information content (AvgIpc) is 2.51. The smallest absolute Gasteiger partial charge is 0.338 e. The quantitative estimate of drug-likeness (QED) is 0.825. The zero-order valence-electron chi connectivity index (χ0n) is 12.6. The molecule has 2 aromatic carbocycles. The minimum atomic E-state index is -0.948. The van der Waals surface area contributed by atoms with E-state index in [1.165, 1.54) is 19.1 Å². The Morgan fingerprint density at radius 1 is 1.04 bits per heavy atom. The number of hydrogen-bond acceptors (Lipinski definition) is 3. The number of amides is 1. The first kappa shape index (κ1) is 17.3. The summed E-state index contributed by atoms with van der Waals surface area (Å²) in [6, 6.07) is 11.4. The lowest BCUT2D eigenvalue weighted by Gasteiger charge is -2.15. The fourth-order valence-corrected chi connectivity index (χ4v) is 2.13. The van der Waals surface area contributed by atoms with Crippen molar-refractivity contribution in [1.29, 1.82) is 0 Å². The summed E-state index contributed by atoms with van der Waals surface area (Å²) in [6.07, 6.45) is -0.948. The average molecular weight is 352 g/mol. The molecule has 23 heavy (non-hydrogen) atoms. The molecule has 0 heterocycles. The number of aryl methyl sites for hydroxylation is 1. The van der Waals surface area contributed by atoms with Crippen molar-refractivity contribution in [3.8, 4) is 0 Å². The van der Waals surface area contributed by atoms with Crippen LogP contribution < -0.4 is 5.32 Å². The number of esters is 1. The molecule has 0 aliphatic carbocycles. The summed E-state index contributed by atoms with van der Waals surface area (Å²) in [5, 5.41) is 3.72. The van der Waals surface area contributed by atoms with Gasteiger partial charge in [0.05, 0.1) is 5.56 Å². The van der Waals surface area contributed by atoms with Gasteiger partial charge in [-0.05, 0) is 55.8 Å². The second-order valence-corrected chi connectivity index (χ2v) is 5.88. The first-order chi connectivity index (χ1) is 10.9. The van der Waals surface area contributed by atoms with Crippen molar-refractivity contribution in [3.63, 3.8) is 0 Å². The molecule has 0 aliphatic rings. The number of nitrogens with one attached hydrogen (secondary N) is 1. The van der Waals surface area contributed by atoms with Crippen molar-refractivity contribution in [1.82, 2.24) is 0 Å². The molecule has 0 aliphatic heterocycles. The summed E-state index contributed by atoms with van der Waals surface area (Å²) in [6.45, 7) is 3.35. The molecule has 6 heteroatoms. The number of carbonyl (C=O) groups excluding carboxylic acids is 2. The minimum Gasteiger partial charge on any atom is -0.449 e. The molecule has 0 spiro atoms. The van der Waals surface area contributed by atoms with Crippen molar-refractivity contribution in [3.05, 3.63) is 63.6 Å². The third kappa shape index (κ3) is 4.71. The van der Waals surface area contributed by atoms with E-state index < -0.39 is 18.0 Å². The number of anilines is 1. The lowest BCUT2D eigenvalue weighted by molar-refractivity contribution is -0.123. The molecule has 0 bridgehead atoms. The molecule has 0 saturated heterocycles. The van der Waals surface area contributed by atoms with Crippen LogP contribution in [0.5, 0.6) is 0 Å². The second kappa shape index (κ2) is 7.49. The molecule has 2 aromatic rings. The predicted molar refractivity (Wildman–Crippen MR) is 91.1 cm³/mol. The Bertz CT molecular complexity index is 729. The molecule has 120 valence electrons. The molecular weight excluding hydrogens is 337 g/mol. The van der Waals surface area contributed by atoms with Crippen molar-refractivity contribution < 1.29 is 14.3 Å². The Balaban J connectivity index is 2.01. The van der Waals surface area contributed by atoms with Crippen molar-refractivity contribution in [2.45, 2.75) is 20.0 Å². The maximum Gasteiger partial charge on any atom is 0.338 e. The zero-order chi connectivity index (χ0) is 17.0. The summed E-state index contributed by atoms with van der Waals surface area (Å²) >= 11 is 11.7. The van der Waals surface area contributed by atoms with Crippen molar-refractivity contribution in [2.24, 2.45) is 0 Å². The molecule has 2 rings (SSSR count). The normalized spacial score (nSPS) is 11.7. The number of halogens is 2. The van der Waals surface area contributed by atoms with Gasteiger partial charge in [-0.1, -0.05) is 29.3 Å². The highest BCUT2D eigenvalue weighted by atomic mass is 35.5. The molecule has 4 nitrogen and oxygen atoms in total. The highest BCUT2D eigenvalue weighted by Crippen LogP contribution is 2.20. The molecule has 1 N–H and O–H groups in total. The topological polar surface area (TPSA) is 55.4 Å². The first-order valence-electron chi connectivity index (χ1n) is 6.90. The van der Waals surface area contributed by atoms with Crippen LogP contribution in [0.4, 0.5) is 5.69 Å². The van der Waals surface area contributed by atoms with E-state index in [4.69, 9.17) is 27.9 Å². The molecular formula is C17H15Cl2NO3. The molecule has 0 radical (unpaired) electrons. The van der Waals surface area contributed by atoms with Gasteiger partial charge in [-0.15, -0.1) is 0 Å². The van der Waals surface area contributed by atoms with Gasteiger partial charge in [0.2, 0.25) is 0 Å². The SMILES string of the molecule is Cc1ccc(Cl)cc1NC(=O)[C@H](C)OC(=O)c1ccc(Cl)cc1. The van der Waals surface area contributed by atoms with Crippen LogP contribution in [0.2, 0.25) is 10.0 Å². The monoisotopic (exact) mass is 351 g/mol. The molecule has 1 atom stereocenters. The highest BCUT2D eigenvalue weighted by Gasteiger charge is 2.19. The van der Waals surface area contributed by atoms with Gasteiger partial charge in [0.15, 0.2) is 6.10 Å². The van der Waals surface area contributed by atoms with Crippen LogP contribution >= 0.6 is 23.2 Å². The third-order valence-electron chi connectivity index (χ3n) is 3.19. The molecule has 0 unspecified atom stereocenters. The van der Waals surface area contributed by atoms with Gasteiger partial charge in [0.1, 0.15) is 0 Å². The zero-order valence-corrected chi connectivity index (χ0v) is 14.1. The summed E-state index contributed by atoms with van der Waals surface area (Å²) < 4.78 is 5.15. The third-order valence-corrected chi connectivity index (χ3v) is 3.68. The number of hydrogen-bond donors (Lipinski definition) is 1. The summed E-state index contributed by atoms with van der Waals surface area (Å²) in [5.41, 5.74) is 1.77. The lowest BCUT2D eigenvalue weighted by Crippen LogP contribution is -2.30. The Morgan fingerprint density at radius 2 is 1.65 bits per heavy atom. The van der Waals surface area contributed by atoms with Crippen LogP contribution in [-0.4, -0.2) is 18.0 Å². The minimum absolute atomic E-state index is 0.327. The Labute approximate surface area is 144 Å². The molecule has 0 saturated carbocycles. The second-order valence-electron chi connectivity index (χ2n) is 5.00. The number of rotatable bonds is 4. The Morgan fingerprint density at radius 3 is 2.30 bits per heavy atom. The number of benzene rings is 2. The summed E-state index contributed by atoms with van der Waals surface area (Å²) in [4.78, 5) is 24.1. The van der Waals surface area contributed by atoms with E-state index in [1.807, 2.05) is 6.92 Å². The largest absolute Gasteiger partial charge is 0.449 e. The maximum atomic E-state index is 12.1. The van der Waals surface area contributed by atoms with Gasteiger partial charge < -0.3 is 10.1 Å². The maximum absolute atomic E-state index is 12.1.